The SMILES string of the molecule is CC(COc1ccc(Oc2cc(Cl)cc(Cl)c2)cc1)Oc1ccccn1. The zero-order valence-corrected chi connectivity index (χ0v) is 15.6. The minimum Gasteiger partial charge on any atom is -0.490 e. The molecule has 0 radical (unpaired) electrons. The van der Waals surface area contributed by atoms with Gasteiger partial charge >= 0.3 is 0 Å². The monoisotopic (exact) mass is 389 g/mol. The van der Waals surface area contributed by atoms with E-state index in [4.69, 9.17) is 37.4 Å². The van der Waals surface area contributed by atoms with Crippen LogP contribution in [0.2, 0.25) is 10.0 Å². The van der Waals surface area contributed by atoms with Crippen LogP contribution in [0.25, 0.3) is 0 Å². The van der Waals surface area contributed by atoms with Crippen LogP contribution in [0.3, 0.4) is 0 Å². The van der Waals surface area contributed by atoms with Crippen molar-refractivity contribution in [3.05, 3.63) is 76.9 Å². The van der Waals surface area contributed by atoms with E-state index in [0.717, 1.165) is 5.75 Å². The lowest BCUT2D eigenvalue weighted by Gasteiger charge is -2.15. The number of hydrogen-bond donors (Lipinski definition) is 0. The van der Waals surface area contributed by atoms with Gasteiger partial charge in [0.05, 0.1) is 0 Å². The second-order valence-corrected chi connectivity index (χ2v) is 6.46. The molecule has 0 N–H and O–H groups in total. The van der Waals surface area contributed by atoms with Gasteiger partial charge in [0, 0.05) is 22.3 Å². The first kappa shape index (κ1) is 18.4. The molecular formula is C20H17Cl2NO3. The van der Waals surface area contributed by atoms with Gasteiger partial charge in [0.15, 0.2) is 0 Å². The van der Waals surface area contributed by atoms with E-state index in [1.54, 1.807) is 24.4 Å². The van der Waals surface area contributed by atoms with Crippen molar-refractivity contribution in [3.8, 4) is 23.1 Å². The van der Waals surface area contributed by atoms with Crippen molar-refractivity contribution in [2.75, 3.05) is 6.61 Å². The summed E-state index contributed by atoms with van der Waals surface area (Å²) in [6, 6.07) is 17.9. The van der Waals surface area contributed by atoms with Crippen molar-refractivity contribution in [1.82, 2.24) is 4.98 Å². The number of benzene rings is 2. The number of rotatable bonds is 7. The third-order valence-electron chi connectivity index (χ3n) is 3.34. The summed E-state index contributed by atoms with van der Waals surface area (Å²) in [6.07, 6.45) is 1.56. The second kappa shape index (κ2) is 8.79. The summed E-state index contributed by atoms with van der Waals surface area (Å²) in [5, 5.41) is 1.05. The molecule has 1 aromatic heterocycles. The third kappa shape index (κ3) is 5.55. The summed E-state index contributed by atoms with van der Waals surface area (Å²) in [5.74, 6) is 2.53. The molecule has 26 heavy (non-hydrogen) atoms. The molecule has 3 aromatic rings. The highest BCUT2D eigenvalue weighted by Crippen LogP contribution is 2.29. The number of aromatic nitrogens is 1. The van der Waals surface area contributed by atoms with E-state index >= 15 is 0 Å². The zero-order chi connectivity index (χ0) is 18.4. The van der Waals surface area contributed by atoms with E-state index in [1.807, 2.05) is 49.4 Å². The van der Waals surface area contributed by atoms with Crippen molar-refractivity contribution >= 4 is 23.2 Å². The highest BCUT2D eigenvalue weighted by atomic mass is 35.5. The van der Waals surface area contributed by atoms with Gasteiger partial charge in [-0.3, -0.25) is 0 Å². The van der Waals surface area contributed by atoms with E-state index < -0.39 is 0 Å². The van der Waals surface area contributed by atoms with Crippen molar-refractivity contribution < 1.29 is 14.2 Å². The fourth-order valence-electron chi connectivity index (χ4n) is 2.20. The first-order valence-corrected chi connectivity index (χ1v) is 8.78. The molecule has 0 fully saturated rings. The Labute approximate surface area is 162 Å². The average molecular weight is 390 g/mol. The molecule has 0 saturated heterocycles. The van der Waals surface area contributed by atoms with Gasteiger partial charge in [-0.15, -0.1) is 0 Å². The van der Waals surface area contributed by atoms with Crippen LogP contribution >= 0.6 is 23.2 Å². The molecule has 4 nitrogen and oxygen atoms in total. The summed E-state index contributed by atoms with van der Waals surface area (Å²) in [6.45, 7) is 2.33. The lowest BCUT2D eigenvalue weighted by atomic mass is 10.3. The molecule has 0 aliphatic rings. The molecule has 0 aliphatic carbocycles. The molecular weight excluding hydrogens is 373 g/mol. The van der Waals surface area contributed by atoms with Gasteiger partial charge < -0.3 is 14.2 Å². The molecule has 2 aromatic carbocycles. The Bertz CT molecular complexity index is 821. The zero-order valence-electron chi connectivity index (χ0n) is 14.1. The molecule has 0 saturated carbocycles. The maximum absolute atomic E-state index is 5.97. The molecule has 0 bridgehead atoms. The normalized spacial score (nSPS) is 11.7. The Morgan fingerprint density at radius 1 is 0.885 bits per heavy atom. The topological polar surface area (TPSA) is 40.6 Å². The van der Waals surface area contributed by atoms with E-state index in [2.05, 4.69) is 4.98 Å². The molecule has 0 spiro atoms. The number of pyridine rings is 1. The number of halogens is 2. The van der Waals surface area contributed by atoms with Gasteiger partial charge in [-0.05, 0) is 55.5 Å². The van der Waals surface area contributed by atoms with Crippen LogP contribution in [0, 0.1) is 0 Å². The average Bonchev–Trinajstić information content (AvgIpc) is 2.61. The highest BCUT2D eigenvalue weighted by molar-refractivity contribution is 6.34. The summed E-state index contributed by atoms with van der Waals surface area (Å²) in [7, 11) is 0. The summed E-state index contributed by atoms with van der Waals surface area (Å²) >= 11 is 11.9. The lowest BCUT2D eigenvalue weighted by Crippen LogP contribution is -2.21. The van der Waals surface area contributed by atoms with Crippen LogP contribution in [-0.4, -0.2) is 17.7 Å². The van der Waals surface area contributed by atoms with Gasteiger partial charge in [-0.1, -0.05) is 29.3 Å². The number of ether oxygens (including phenoxy) is 3. The van der Waals surface area contributed by atoms with Crippen LogP contribution in [0.5, 0.6) is 23.1 Å². The van der Waals surface area contributed by atoms with Crippen LogP contribution < -0.4 is 14.2 Å². The van der Waals surface area contributed by atoms with Crippen molar-refractivity contribution in [2.24, 2.45) is 0 Å². The first-order valence-electron chi connectivity index (χ1n) is 8.03. The molecule has 0 aliphatic heterocycles. The number of nitrogens with zero attached hydrogens (tertiary/aromatic N) is 1. The van der Waals surface area contributed by atoms with Crippen LogP contribution in [-0.2, 0) is 0 Å². The minimum atomic E-state index is -0.130. The van der Waals surface area contributed by atoms with Gasteiger partial charge in [-0.25, -0.2) is 4.98 Å². The van der Waals surface area contributed by atoms with Gasteiger partial charge in [-0.2, -0.15) is 0 Å². The summed E-state index contributed by atoms with van der Waals surface area (Å²) in [5.41, 5.74) is 0. The van der Waals surface area contributed by atoms with E-state index in [9.17, 15) is 0 Å². The molecule has 0 amide bonds. The smallest absolute Gasteiger partial charge is 0.213 e. The second-order valence-electron chi connectivity index (χ2n) is 5.59. The van der Waals surface area contributed by atoms with Gasteiger partial charge in [0.25, 0.3) is 0 Å². The van der Waals surface area contributed by atoms with Crippen molar-refractivity contribution in [1.29, 1.82) is 0 Å². The fourth-order valence-corrected chi connectivity index (χ4v) is 2.70. The van der Waals surface area contributed by atoms with E-state index in [0.29, 0.717) is 34.0 Å². The fraction of sp³-hybridized carbons (Fsp3) is 0.150. The van der Waals surface area contributed by atoms with Crippen LogP contribution in [0.1, 0.15) is 6.92 Å². The van der Waals surface area contributed by atoms with E-state index in [1.165, 1.54) is 0 Å². The van der Waals surface area contributed by atoms with E-state index in [-0.39, 0.29) is 6.10 Å². The van der Waals surface area contributed by atoms with Crippen LogP contribution in [0.15, 0.2) is 66.9 Å². The Kier molecular flexibility index (Phi) is 6.21. The number of hydrogen-bond acceptors (Lipinski definition) is 4. The van der Waals surface area contributed by atoms with Crippen molar-refractivity contribution in [3.63, 3.8) is 0 Å². The first-order chi connectivity index (χ1) is 12.6. The molecule has 1 atom stereocenters. The molecule has 134 valence electrons. The maximum Gasteiger partial charge on any atom is 0.213 e. The van der Waals surface area contributed by atoms with Crippen molar-refractivity contribution in [2.45, 2.75) is 13.0 Å². The molecule has 6 heteroatoms. The largest absolute Gasteiger partial charge is 0.490 e. The quantitative estimate of drug-likeness (QED) is 0.494. The Balaban J connectivity index is 1.52. The molecule has 1 heterocycles. The van der Waals surface area contributed by atoms with Gasteiger partial charge in [0.2, 0.25) is 5.88 Å². The highest BCUT2D eigenvalue weighted by Gasteiger charge is 2.07. The predicted octanol–water partition coefficient (Wildman–Crippen LogP) is 6.03. The summed E-state index contributed by atoms with van der Waals surface area (Å²) in [4.78, 5) is 4.12. The Morgan fingerprint density at radius 3 is 2.23 bits per heavy atom. The van der Waals surface area contributed by atoms with Crippen LogP contribution in [0.4, 0.5) is 0 Å². The Morgan fingerprint density at radius 2 is 1.58 bits per heavy atom. The standard InChI is InChI=1S/C20H17Cl2NO3/c1-14(25-20-4-2-3-9-23-20)13-24-17-5-7-18(8-6-17)26-19-11-15(21)10-16(22)12-19/h2-12,14H,13H2,1H3. The Hall–Kier alpha value is -2.43. The molecule has 1 unspecified atom stereocenters. The lowest BCUT2D eigenvalue weighted by molar-refractivity contribution is 0.138. The molecule has 3 rings (SSSR count). The summed E-state index contributed by atoms with van der Waals surface area (Å²) < 4.78 is 17.2. The van der Waals surface area contributed by atoms with Gasteiger partial charge in [0.1, 0.15) is 30.0 Å². The maximum atomic E-state index is 5.97. The third-order valence-corrected chi connectivity index (χ3v) is 3.78. The predicted molar refractivity (Wildman–Crippen MR) is 103 cm³/mol. The minimum absolute atomic E-state index is 0.130.